The second-order valence-corrected chi connectivity index (χ2v) is 4.71. The van der Waals surface area contributed by atoms with Crippen molar-refractivity contribution in [2.75, 3.05) is 11.4 Å². The molecule has 2 aromatic carbocycles. The second kappa shape index (κ2) is 7.33. The van der Waals surface area contributed by atoms with Crippen molar-refractivity contribution in [2.45, 2.75) is 20.0 Å². The monoisotopic (exact) mass is 285 g/mol. The molecule has 0 atom stereocenters. The van der Waals surface area contributed by atoms with Gasteiger partial charge in [-0.05, 0) is 36.2 Å². The van der Waals surface area contributed by atoms with Gasteiger partial charge in [-0.3, -0.25) is 4.90 Å². The predicted octanol–water partition coefficient (Wildman–Crippen LogP) is 3.95. The van der Waals surface area contributed by atoms with E-state index in [-0.39, 0.29) is 18.4 Å². The van der Waals surface area contributed by atoms with Crippen molar-refractivity contribution in [2.24, 2.45) is 0 Å². The highest BCUT2D eigenvalue weighted by Crippen LogP contribution is 2.20. The molecule has 0 spiro atoms. The molecule has 1 amide bonds. The largest absolute Gasteiger partial charge is 0.508 e. The van der Waals surface area contributed by atoms with E-state index in [0.29, 0.717) is 12.2 Å². The third-order valence-corrected chi connectivity index (χ3v) is 3.03. The Morgan fingerprint density at radius 3 is 2.38 bits per heavy atom. The number of carbonyl (C=O) groups excluding carboxylic acids is 1. The van der Waals surface area contributed by atoms with E-state index in [4.69, 9.17) is 4.74 Å². The first-order valence-electron chi connectivity index (χ1n) is 6.98. The lowest BCUT2D eigenvalue weighted by molar-refractivity contribution is 0.147. The lowest BCUT2D eigenvalue weighted by Crippen LogP contribution is -2.32. The number of benzene rings is 2. The van der Waals surface area contributed by atoms with E-state index in [1.165, 1.54) is 0 Å². The molecular formula is C17H19NO3. The molecule has 21 heavy (non-hydrogen) atoms. The summed E-state index contributed by atoms with van der Waals surface area (Å²) in [6, 6.07) is 16.1. The maximum atomic E-state index is 12.2. The summed E-state index contributed by atoms with van der Waals surface area (Å²) in [7, 11) is 0. The van der Waals surface area contributed by atoms with Crippen LogP contribution in [0.2, 0.25) is 0 Å². The van der Waals surface area contributed by atoms with E-state index in [2.05, 4.69) is 0 Å². The van der Waals surface area contributed by atoms with Crippen LogP contribution in [0.3, 0.4) is 0 Å². The Morgan fingerprint density at radius 2 is 1.76 bits per heavy atom. The molecule has 0 fully saturated rings. The Kier molecular flexibility index (Phi) is 5.21. The third-order valence-electron chi connectivity index (χ3n) is 3.03. The summed E-state index contributed by atoms with van der Waals surface area (Å²) in [5, 5.41) is 9.32. The zero-order valence-corrected chi connectivity index (χ0v) is 12.0. The quantitative estimate of drug-likeness (QED) is 0.905. The summed E-state index contributed by atoms with van der Waals surface area (Å²) in [6.07, 6.45) is 0.438. The summed E-state index contributed by atoms with van der Waals surface area (Å²) in [6.45, 7) is 2.81. The van der Waals surface area contributed by atoms with E-state index in [0.717, 1.165) is 12.0 Å². The van der Waals surface area contributed by atoms with E-state index in [1.807, 2.05) is 37.3 Å². The first-order chi connectivity index (χ1) is 10.2. The smallest absolute Gasteiger partial charge is 0.414 e. The van der Waals surface area contributed by atoms with Gasteiger partial charge in [-0.1, -0.05) is 37.3 Å². The first-order valence-corrected chi connectivity index (χ1v) is 6.98. The van der Waals surface area contributed by atoms with Crippen LogP contribution >= 0.6 is 0 Å². The van der Waals surface area contributed by atoms with Crippen LogP contribution in [0.15, 0.2) is 54.6 Å². The van der Waals surface area contributed by atoms with Crippen LogP contribution in [0.1, 0.15) is 18.9 Å². The highest BCUT2D eigenvalue weighted by Gasteiger charge is 2.16. The van der Waals surface area contributed by atoms with Crippen LogP contribution in [-0.2, 0) is 11.3 Å². The molecule has 0 aliphatic rings. The van der Waals surface area contributed by atoms with Crippen molar-refractivity contribution in [1.82, 2.24) is 0 Å². The van der Waals surface area contributed by atoms with Crippen LogP contribution in [0.25, 0.3) is 0 Å². The van der Waals surface area contributed by atoms with Crippen LogP contribution in [0.4, 0.5) is 10.5 Å². The van der Waals surface area contributed by atoms with Crippen molar-refractivity contribution in [3.05, 3.63) is 60.2 Å². The molecule has 4 heteroatoms. The minimum Gasteiger partial charge on any atom is -0.508 e. The minimum atomic E-state index is -0.383. The lowest BCUT2D eigenvalue weighted by atomic mass is 10.2. The normalized spacial score (nSPS) is 10.1. The molecule has 0 saturated carbocycles. The van der Waals surface area contributed by atoms with Crippen LogP contribution in [-0.4, -0.2) is 17.7 Å². The van der Waals surface area contributed by atoms with E-state index >= 15 is 0 Å². The summed E-state index contributed by atoms with van der Waals surface area (Å²) < 4.78 is 5.35. The molecule has 0 unspecified atom stereocenters. The van der Waals surface area contributed by atoms with Gasteiger partial charge in [0.15, 0.2) is 0 Å². The van der Waals surface area contributed by atoms with Crippen molar-refractivity contribution in [3.63, 3.8) is 0 Å². The van der Waals surface area contributed by atoms with Gasteiger partial charge in [0.2, 0.25) is 0 Å². The zero-order chi connectivity index (χ0) is 15.1. The minimum absolute atomic E-state index is 0.174. The Balaban J connectivity index is 2.03. The van der Waals surface area contributed by atoms with Gasteiger partial charge in [-0.2, -0.15) is 0 Å². The van der Waals surface area contributed by atoms with Crippen molar-refractivity contribution >= 4 is 11.8 Å². The van der Waals surface area contributed by atoms with Crippen molar-refractivity contribution in [1.29, 1.82) is 0 Å². The Labute approximate surface area is 124 Å². The summed E-state index contributed by atoms with van der Waals surface area (Å²) in [5.74, 6) is 0.174. The molecule has 0 bridgehead atoms. The summed E-state index contributed by atoms with van der Waals surface area (Å²) in [5.41, 5.74) is 1.67. The molecule has 0 aromatic heterocycles. The highest BCUT2D eigenvalue weighted by molar-refractivity contribution is 5.87. The van der Waals surface area contributed by atoms with Gasteiger partial charge >= 0.3 is 6.09 Å². The van der Waals surface area contributed by atoms with Gasteiger partial charge in [0.1, 0.15) is 12.4 Å². The number of aromatic hydroxyl groups is 1. The van der Waals surface area contributed by atoms with Gasteiger partial charge in [0, 0.05) is 12.2 Å². The highest BCUT2D eigenvalue weighted by atomic mass is 16.6. The molecule has 0 saturated heterocycles. The van der Waals surface area contributed by atoms with Gasteiger partial charge < -0.3 is 9.84 Å². The number of hydrogen-bond donors (Lipinski definition) is 1. The lowest BCUT2D eigenvalue weighted by Gasteiger charge is -2.21. The number of amides is 1. The first kappa shape index (κ1) is 14.9. The molecule has 110 valence electrons. The zero-order valence-electron chi connectivity index (χ0n) is 12.0. The number of carbonyl (C=O) groups is 1. The third kappa shape index (κ3) is 4.24. The van der Waals surface area contributed by atoms with Crippen LogP contribution < -0.4 is 4.90 Å². The van der Waals surface area contributed by atoms with Gasteiger partial charge in [-0.25, -0.2) is 4.79 Å². The van der Waals surface area contributed by atoms with Crippen LogP contribution in [0.5, 0.6) is 5.75 Å². The number of hydrogen-bond acceptors (Lipinski definition) is 3. The maximum Gasteiger partial charge on any atom is 0.414 e. The Hall–Kier alpha value is -2.49. The molecule has 4 nitrogen and oxygen atoms in total. The number of nitrogens with zero attached hydrogens (tertiary/aromatic N) is 1. The number of rotatable bonds is 5. The van der Waals surface area contributed by atoms with Gasteiger partial charge in [-0.15, -0.1) is 0 Å². The fraction of sp³-hybridized carbons (Fsp3) is 0.235. The standard InChI is InChI=1S/C17H19NO3/c1-2-12-18(15-8-10-16(19)11-9-15)17(20)21-13-14-6-4-3-5-7-14/h3-11,19H,2,12-13H2,1H3. The summed E-state index contributed by atoms with van der Waals surface area (Å²) >= 11 is 0. The SMILES string of the molecule is CCCN(C(=O)OCc1ccccc1)c1ccc(O)cc1. The second-order valence-electron chi connectivity index (χ2n) is 4.71. The molecule has 2 aromatic rings. The van der Waals surface area contributed by atoms with E-state index < -0.39 is 0 Å². The Morgan fingerprint density at radius 1 is 1.10 bits per heavy atom. The molecular weight excluding hydrogens is 266 g/mol. The molecule has 0 aliphatic heterocycles. The van der Waals surface area contributed by atoms with E-state index in [9.17, 15) is 9.90 Å². The number of phenolic OH excluding ortho intramolecular Hbond substituents is 1. The Bertz CT molecular complexity index is 566. The van der Waals surface area contributed by atoms with Gasteiger partial charge in [0.25, 0.3) is 0 Å². The molecule has 0 heterocycles. The molecule has 0 radical (unpaired) electrons. The number of anilines is 1. The van der Waals surface area contributed by atoms with Crippen molar-refractivity contribution < 1.29 is 14.6 Å². The topological polar surface area (TPSA) is 49.8 Å². The fourth-order valence-corrected chi connectivity index (χ4v) is 1.98. The number of phenols is 1. The van der Waals surface area contributed by atoms with Crippen molar-refractivity contribution in [3.8, 4) is 5.75 Å². The maximum absolute atomic E-state index is 12.2. The molecule has 2 rings (SSSR count). The predicted molar refractivity (Wildman–Crippen MR) is 82.4 cm³/mol. The van der Waals surface area contributed by atoms with Crippen LogP contribution in [0, 0.1) is 0 Å². The van der Waals surface area contributed by atoms with E-state index in [1.54, 1.807) is 29.2 Å². The summed E-state index contributed by atoms with van der Waals surface area (Å²) in [4.78, 5) is 13.8. The molecule has 0 aliphatic carbocycles. The average Bonchev–Trinajstić information content (AvgIpc) is 2.52. The average molecular weight is 285 g/mol. The number of ether oxygens (including phenoxy) is 1. The van der Waals surface area contributed by atoms with Gasteiger partial charge in [0.05, 0.1) is 0 Å². The fourth-order valence-electron chi connectivity index (χ4n) is 1.98. The molecule has 1 N–H and O–H groups in total.